The first-order valence-corrected chi connectivity index (χ1v) is 14.7. The molecule has 218 valence electrons. The van der Waals surface area contributed by atoms with Crippen molar-refractivity contribution in [2.75, 3.05) is 24.4 Å². The summed E-state index contributed by atoms with van der Waals surface area (Å²) in [6.45, 7) is 2.38. The maximum Gasteiger partial charge on any atom is 0.273 e. The molecule has 3 aromatic carbocycles. The van der Waals surface area contributed by atoms with Gasteiger partial charge in [0.05, 0.1) is 19.4 Å². The number of carbonyl (C=O) groups is 2. The third kappa shape index (κ3) is 6.23. The van der Waals surface area contributed by atoms with Crippen LogP contribution in [0.2, 0.25) is 0 Å². The topological polar surface area (TPSA) is 107 Å². The van der Waals surface area contributed by atoms with Crippen molar-refractivity contribution in [2.45, 2.75) is 44.7 Å². The third-order valence-electron chi connectivity index (χ3n) is 7.32. The average Bonchev–Trinajstić information content (AvgIpc) is 3.66. The molecule has 1 aliphatic carbocycles. The largest absolute Gasteiger partial charge is 0.497 e. The van der Waals surface area contributed by atoms with Crippen molar-refractivity contribution >= 4 is 34.7 Å². The Labute approximate surface area is 248 Å². The van der Waals surface area contributed by atoms with Gasteiger partial charge in [-0.2, -0.15) is 4.37 Å². The Morgan fingerprint density at radius 1 is 1.02 bits per heavy atom. The maximum absolute atomic E-state index is 14.5. The molecule has 0 saturated heterocycles. The highest BCUT2D eigenvalue weighted by atomic mass is 32.1. The summed E-state index contributed by atoms with van der Waals surface area (Å²) < 4.78 is 29.0. The molecule has 0 bridgehead atoms. The molecule has 0 radical (unpaired) electrons. The van der Waals surface area contributed by atoms with Gasteiger partial charge in [0.2, 0.25) is 5.91 Å². The quantitative estimate of drug-likeness (QED) is 0.223. The molecule has 3 N–H and O–H groups in total. The van der Waals surface area contributed by atoms with Crippen LogP contribution in [0.25, 0.3) is 11.3 Å². The van der Waals surface area contributed by atoms with E-state index in [0.29, 0.717) is 40.6 Å². The van der Waals surface area contributed by atoms with Crippen LogP contribution in [0, 0.1) is 5.82 Å². The van der Waals surface area contributed by atoms with E-state index >= 15 is 0 Å². The Balaban J connectivity index is 1.61. The van der Waals surface area contributed by atoms with E-state index < -0.39 is 11.9 Å². The number of hydrogen-bond donors (Lipinski definition) is 2. The van der Waals surface area contributed by atoms with Crippen LogP contribution in [-0.2, 0) is 4.79 Å². The van der Waals surface area contributed by atoms with Crippen LogP contribution in [0.4, 0.5) is 15.8 Å². The van der Waals surface area contributed by atoms with Crippen LogP contribution in [-0.4, -0.2) is 35.9 Å². The van der Waals surface area contributed by atoms with Crippen molar-refractivity contribution in [3.63, 3.8) is 0 Å². The number of hydrogen-bond acceptors (Lipinski definition) is 7. The van der Waals surface area contributed by atoms with Gasteiger partial charge in [0.1, 0.15) is 33.9 Å². The number of aromatic nitrogens is 1. The monoisotopic (exact) mass is 588 g/mol. The van der Waals surface area contributed by atoms with Gasteiger partial charge in [-0.15, -0.1) is 0 Å². The van der Waals surface area contributed by atoms with Gasteiger partial charge in [-0.1, -0.05) is 25.0 Å². The minimum absolute atomic E-state index is 0.0362. The van der Waals surface area contributed by atoms with Crippen molar-refractivity contribution < 1.29 is 23.5 Å². The summed E-state index contributed by atoms with van der Waals surface area (Å²) >= 11 is 0.945. The van der Waals surface area contributed by atoms with Crippen molar-refractivity contribution in [1.82, 2.24) is 9.69 Å². The second kappa shape index (κ2) is 13.0. The van der Waals surface area contributed by atoms with Gasteiger partial charge >= 0.3 is 0 Å². The number of methoxy groups -OCH3 is 1. The standard InChI is InChI=1S/C32H33FN4O4S/c1-3-41-26-18-14-24(15-19-26)37(32(39)30-27(34)28(36-42-30)20-8-12-22(33)13-9-20)29(21-10-16-25(40-2)17-11-21)31(38)35-23-6-4-5-7-23/h8-19,23,29H,3-7,34H2,1-2H3,(H,35,38)/t29-/m0/s1. The molecule has 0 unspecified atom stereocenters. The van der Waals surface area contributed by atoms with Crippen molar-refractivity contribution in [3.8, 4) is 22.8 Å². The van der Waals surface area contributed by atoms with Crippen LogP contribution >= 0.6 is 11.5 Å². The molecule has 8 nitrogen and oxygen atoms in total. The summed E-state index contributed by atoms with van der Waals surface area (Å²) in [4.78, 5) is 30.2. The Morgan fingerprint density at radius 2 is 1.67 bits per heavy atom. The summed E-state index contributed by atoms with van der Waals surface area (Å²) in [6.07, 6.45) is 3.87. The van der Waals surface area contributed by atoms with E-state index in [1.54, 1.807) is 67.8 Å². The number of nitrogens with one attached hydrogen (secondary N) is 1. The third-order valence-corrected chi connectivity index (χ3v) is 8.18. The van der Waals surface area contributed by atoms with Crippen molar-refractivity contribution in [3.05, 3.63) is 89.1 Å². The van der Waals surface area contributed by atoms with E-state index in [9.17, 15) is 14.0 Å². The first kappa shape index (κ1) is 29.1. The highest BCUT2D eigenvalue weighted by Gasteiger charge is 2.37. The Kier molecular flexibility index (Phi) is 9.02. The number of nitrogens with zero attached hydrogens (tertiary/aromatic N) is 2. The number of nitrogen functional groups attached to an aromatic ring is 1. The van der Waals surface area contributed by atoms with E-state index in [-0.39, 0.29) is 28.3 Å². The Bertz CT molecular complexity index is 1520. The van der Waals surface area contributed by atoms with Gasteiger partial charge in [-0.05, 0) is 97.5 Å². The van der Waals surface area contributed by atoms with Gasteiger partial charge < -0.3 is 20.5 Å². The molecule has 10 heteroatoms. The minimum atomic E-state index is -1.02. The lowest BCUT2D eigenvalue weighted by Gasteiger charge is -2.32. The maximum atomic E-state index is 14.5. The first-order valence-electron chi connectivity index (χ1n) is 13.9. The van der Waals surface area contributed by atoms with Gasteiger partial charge in [-0.3, -0.25) is 14.5 Å². The molecule has 1 aliphatic rings. The van der Waals surface area contributed by atoms with Crippen LogP contribution < -0.4 is 25.4 Å². The van der Waals surface area contributed by atoms with Crippen LogP contribution in [0.15, 0.2) is 72.8 Å². The molecule has 0 aliphatic heterocycles. The first-order chi connectivity index (χ1) is 20.4. The number of ether oxygens (including phenoxy) is 2. The smallest absolute Gasteiger partial charge is 0.273 e. The van der Waals surface area contributed by atoms with Gasteiger partial charge in [0.25, 0.3) is 5.91 Å². The molecular weight excluding hydrogens is 555 g/mol. The molecule has 5 rings (SSSR count). The minimum Gasteiger partial charge on any atom is -0.497 e. The van der Waals surface area contributed by atoms with Crippen LogP contribution in [0.3, 0.4) is 0 Å². The summed E-state index contributed by atoms with van der Waals surface area (Å²) in [5.74, 6) is 0.103. The number of nitrogens with two attached hydrogens (primary N) is 1. The highest BCUT2D eigenvalue weighted by molar-refractivity contribution is 7.09. The number of carbonyl (C=O) groups excluding carboxylic acids is 2. The number of amides is 2. The number of benzene rings is 3. The number of halogens is 1. The number of anilines is 2. The lowest BCUT2D eigenvalue weighted by atomic mass is 10.0. The second-order valence-corrected chi connectivity index (χ2v) is 10.8. The lowest BCUT2D eigenvalue weighted by Crippen LogP contribution is -2.46. The van der Waals surface area contributed by atoms with Gasteiger partial charge in [0, 0.05) is 17.3 Å². The summed E-state index contributed by atoms with van der Waals surface area (Å²) in [5.41, 5.74) is 8.73. The summed E-state index contributed by atoms with van der Waals surface area (Å²) in [5, 5.41) is 3.18. The van der Waals surface area contributed by atoms with Gasteiger partial charge in [0.15, 0.2) is 0 Å². The van der Waals surface area contributed by atoms with E-state index in [0.717, 1.165) is 37.2 Å². The predicted octanol–water partition coefficient (Wildman–Crippen LogP) is 6.39. The fourth-order valence-electron chi connectivity index (χ4n) is 5.18. The zero-order valence-electron chi connectivity index (χ0n) is 23.5. The molecule has 1 heterocycles. The summed E-state index contributed by atoms with van der Waals surface area (Å²) in [6, 6.07) is 18.9. The zero-order valence-corrected chi connectivity index (χ0v) is 24.3. The molecule has 1 aromatic heterocycles. The molecule has 1 atom stereocenters. The van der Waals surface area contributed by atoms with Crippen LogP contribution in [0.5, 0.6) is 11.5 Å². The molecular formula is C32H33FN4O4S. The summed E-state index contributed by atoms with van der Waals surface area (Å²) in [7, 11) is 1.57. The van der Waals surface area contributed by atoms with Gasteiger partial charge in [-0.25, -0.2) is 4.39 Å². The normalized spacial score (nSPS) is 13.9. The number of rotatable bonds is 10. The van der Waals surface area contributed by atoms with E-state index in [1.807, 2.05) is 6.92 Å². The zero-order chi connectivity index (χ0) is 29.6. The van der Waals surface area contributed by atoms with E-state index in [1.165, 1.54) is 17.0 Å². The second-order valence-electron chi connectivity index (χ2n) is 10.0. The van der Waals surface area contributed by atoms with Crippen molar-refractivity contribution in [1.29, 1.82) is 0 Å². The van der Waals surface area contributed by atoms with Crippen LogP contribution in [0.1, 0.15) is 53.9 Å². The predicted molar refractivity (Wildman–Crippen MR) is 162 cm³/mol. The fourth-order valence-corrected chi connectivity index (χ4v) is 5.94. The fraction of sp³-hybridized carbons (Fsp3) is 0.281. The average molecular weight is 589 g/mol. The molecule has 42 heavy (non-hydrogen) atoms. The Morgan fingerprint density at radius 3 is 2.29 bits per heavy atom. The highest BCUT2D eigenvalue weighted by Crippen LogP contribution is 2.37. The Hall–Kier alpha value is -4.44. The molecule has 4 aromatic rings. The van der Waals surface area contributed by atoms with E-state index in [2.05, 4.69) is 9.69 Å². The molecule has 1 saturated carbocycles. The van der Waals surface area contributed by atoms with E-state index in [4.69, 9.17) is 15.2 Å². The SMILES string of the molecule is CCOc1ccc(N(C(=O)c2snc(-c3ccc(F)cc3)c2N)[C@H](C(=O)NC2CCCC2)c2ccc(OC)cc2)cc1. The molecule has 0 spiro atoms. The molecule has 1 fully saturated rings. The lowest BCUT2D eigenvalue weighted by molar-refractivity contribution is -0.123. The van der Waals surface area contributed by atoms with Crippen molar-refractivity contribution in [2.24, 2.45) is 0 Å². The molecule has 2 amide bonds.